The molecule has 23 heavy (non-hydrogen) atoms. The summed E-state index contributed by atoms with van der Waals surface area (Å²) in [5.41, 5.74) is 0. The van der Waals surface area contributed by atoms with E-state index in [1.807, 2.05) is 0 Å². The third-order valence-electron chi connectivity index (χ3n) is 4.04. The Morgan fingerprint density at radius 2 is 2.09 bits per heavy atom. The molecule has 0 spiro atoms. The lowest BCUT2D eigenvalue weighted by molar-refractivity contribution is 0.314. The molecule has 2 heterocycles. The minimum Gasteiger partial charge on any atom is -0.495 e. The largest absolute Gasteiger partial charge is 0.495 e. The third kappa shape index (κ3) is 3.19. The molecule has 9 heteroatoms. The van der Waals surface area contributed by atoms with Crippen molar-refractivity contribution in [1.29, 1.82) is 0 Å². The molecule has 1 saturated heterocycles. The van der Waals surface area contributed by atoms with E-state index in [1.165, 1.54) is 29.9 Å². The second kappa shape index (κ2) is 6.46. The van der Waals surface area contributed by atoms with Crippen LogP contribution < -0.4 is 4.74 Å². The Morgan fingerprint density at radius 3 is 2.65 bits per heavy atom. The maximum absolute atomic E-state index is 12.7. The Labute approximate surface area is 139 Å². The zero-order valence-corrected chi connectivity index (χ0v) is 14.1. The van der Waals surface area contributed by atoms with Crippen molar-refractivity contribution in [3.8, 4) is 5.75 Å². The Morgan fingerprint density at radius 1 is 1.35 bits per heavy atom. The average Bonchev–Trinajstić information content (AvgIpc) is 3.09. The van der Waals surface area contributed by atoms with Crippen LogP contribution in [0, 0.1) is 0 Å². The Bertz CT molecular complexity index is 771. The second-order valence-corrected chi connectivity index (χ2v) is 7.69. The summed E-state index contributed by atoms with van der Waals surface area (Å²) in [6, 6.07) is 4.51. The predicted molar refractivity (Wildman–Crippen MR) is 85.1 cm³/mol. The lowest BCUT2D eigenvalue weighted by Gasteiger charge is -2.30. The maximum Gasteiger partial charge on any atom is 0.243 e. The van der Waals surface area contributed by atoms with Crippen LogP contribution in [0.3, 0.4) is 0 Å². The van der Waals surface area contributed by atoms with Crippen molar-refractivity contribution in [3.05, 3.63) is 35.4 Å². The van der Waals surface area contributed by atoms with Gasteiger partial charge in [0.1, 0.15) is 17.9 Å². The number of halogens is 1. The topological polar surface area (TPSA) is 88.2 Å². The molecule has 1 aliphatic heterocycles. The highest BCUT2D eigenvalue weighted by Gasteiger charge is 2.31. The van der Waals surface area contributed by atoms with E-state index in [1.54, 1.807) is 6.07 Å². The minimum absolute atomic E-state index is 0.182. The van der Waals surface area contributed by atoms with E-state index in [9.17, 15) is 8.42 Å². The molecule has 7 nitrogen and oxygen atoms in total. The van der Waals surface area contributed by atoms with Gasteiger partial charge in [-0.15, -0.1) is 0 Å². The molecule has 0 amide bonds. The molecule has 1 aromatic heterocycles. The predicted octanol–water partition coefficient (Wildman–Crippen LogP) is 2.03. The van der Waals surface area contributed by atoms with Gasteiger partial charge in [0.2, 0.25) is 10.0 Å². The summed E-state index contributed by atoms with van der Waals surface area (Å²) < 4.78 is 32.0. The van der Waals surface area contributed by atoms with Crippen molar-refractivity contribution in [1.82, 2.24) is 19.5 Å². The number of benzene rings is 1. The minimum atomic E-state index is -3.55. The summed E-state index contributed by atoms with van der Waals surface area (Å²) in [5.74, 6) is 1.48. The van der Waals surface area contributed by atoms with Crippen molar-refractivity contribution < 1.29 is 13.2 Å². The molecule has 1 aliphatic rings. The number of sulfonamides is 1. The monoisotopic (exact) mass is 356 g/mol. The number of methoxy groups -OCH3 is 1. The number of aromatic nitrogens is 3. The first-order valence-electron chi connectivity index (χ1n) is 7.21. The average molecular weight is 357 g/mol. The van der Waals surface area contributed by atoms with Crippen LogP contribution in [-0.4, -0.2) is 48.1 Å². The number of aromatic amines is 1. The SMILES string of the molecule is COc1ccc(S(=O)(=O)N2CCC(c3ncn[nH]3)CC2)cc1Cl. The summed E-state index contributed by atoms with van der Waals surface area (Å²) in [4.78, 5) is 4.33. The maximum atomic E-state index is 12.7. The summed E-state index contributed by atoms with van der Waals surface area (Å²) >= 11 is 6.04. The number of piperidine rings is 1. The van der Waals surface area contributed by atoms with Gasteiger partial charge in [0, 0.05) is 19.0 Å². The van der Waals surface area contributed by atoms with Gasteiger partial charge in [-0.25, -0.2) is 13.4 Å². The molecule has 0 saturated carbocycles. The highest BCUT2D eigenvalue weighted by molar-refractivity contribution is 7.89. The van der Waals surface area contributed by atoms with Gasteiger partial charge in [0.05, 0.1) is 17.0 Å². The molecular weight excluding hydrogens is 340 g/mol. The smallest absolute Gasteiger partial charge is 0.243 e. The van der Waals surface area contributed by atoms with Gasteiger partial charge in [-0.1, -0.05) is 11.6 Å². The molecule has 124 valence electrons. The van der Waals surface area contributed by atoms with Crippen LogP contribution in [0.25, 0.3) is 0 Å². The molecule has 0 atom stereocenters. The van der Waals surface area contributed by atoms with E-state index < -0.39 is 10.0 Å². The van der Waals surface area contributed by atoms with Gasteiger partial charge in [-0.05, 0) is 31.0 Å². The van der Waals surface area contributed by atoms with Crippen molar-refractivity contribution >= 4 is 21.6 Å². The molecule has 1 N–H and O–H groups in total. The molecule has 0 bridgehead atoms. The molecule has 0 unspecified atom stereocenters. The van der Waals surface area contributed by atoms with E-state index in [-0.39, 0.29) is 15.8 Å². The van der Waals surface area contributed by atoms with E-state index in [0.717, 1.165) is 5.82 Å². The summed E-state index contributed by atoms with van der Waals surface area (Å²) in [7, 11) is -2.06. The van der Waals surface area contributed by atoms with Gasteiger partial charge >= 0.3 is 0 Å². The molecule has 3 rings (SSSR count). The summed E-state index contributed by atoms with van der Waals surface area (Å²) in [6.07, 6.45) is 2.88. The number of rotatable bonds is 4. The molecule has 1 aromatic carbocycles. The van der Waals surface area contributed by atoms with Crippen molar-refractivity contribution in [2.24, 2.45) is 0 Å². The van der Waals surface area contributed by atoms with Crippen molar-refractivity contribution in [2.75, 3.05) is 20.2 Å². The van der Waals surface area contributed by atoms with Gasteiger partial charge in [0.25, 0.3) is 0 Å². The van der Waals surface area contributed by atoms with Gasteiger partial charge in [-0.2, -0.15) is 9.40 Å². The zero-order valence-electron chi connectivity index (χ0n) is 12.6. The highest BCUT2D eigenvalue weighted by atomic mass is 35.5. The van der Waals surface area contributed by atoms with E-state index >= 15 is 0 Å². The first-order chi connectivity index (χ1) is 11.0. The zero-order chi connectivity index (χ0) is 16.4. The van der Waals surface area contributed by atoms with Gasteiger partial charge in [-0.3, -0.25) is 5.10 Å². The number of nitrogens with zero attached hydrogens (tertiary/aromatic N) is 3. The Hall–Kier alpha value is -1.64. The summed E-state index contributed by atoms with van der Waals surface area (Å²) in [5, 5.41) is 6.98. The van der Waals surface area contributed by atoms with Crippen molar-refractivity contribution in [2.45, 2.75) is 23.7 Å². The first-order valence-corrected chi connectivity index (χ1v) is 9.03. The first kappa shape index (κ1) is 16.2. The molecule has 0 radical (unpaired) electrons. The molecule has 2 aromatic rings. The van der Waals surface area contributed by atoms with E-state index in [4.69, 9.17) is 16.3 Å². The lowest BCUT2D eigenvalue weighted by Crippen LogP contribution is -2.38. The van der Waals surface area contributed by atoms with Gasteiger partial charge in [0.15, 0.2) is 0 Å². The number of hydrogen-bond acceptors (Lipinski definition) is 5. The number of ether oxygens (including phenoxy) is 1. The standard InChI is InChI=1S/C14H17ClN4O3S/c1-22-13-3-2-11(8-12(13)15)23(20,21)19-6-4-10(5-7-19)14-16-9-17-18-14/h2-3,8-10H,4-7H2,1H3,(H,16,17,18). The lowest BCUT2D eigenvalue weighted by atomic mass is 9.98. The summed E-state index contributed by atoms with van der Waals surface area (Å²) in [6.45, 7) is 0.884. The fourth-order valence-electron chi connectivity index (χ4n) is 2.74. The fraction of sp³-hybridized carbons (Fsp3) is 0.429. The van der Waals surface area contributed by atoms with Crippen LogP contribution >= 0.6 is 11.6 Å². The molecule has 1 fully saturated rings. The van der Waals surface area contributed by atoms with E-state index in [2.05, 4.69) is 15.2 Å². The van der Waals surface area contributed by atoms with Crippen LogP contribution in [0.1, 0.15) is 24.6 Å². The van der Waals surface area contributed by atoms with Crippen LogP contribution in [0.5, 0.6) is 5.75 Å². The van der Waals surface area contributed by atoms with Crippen LogP contribution in [0.2, 0.25) is 5.02 Å². The Kier molecular flexibility index (Phi) is 4.56. The third-order valence-corrected chi connectivity index (χ3v) is 6.23. The molecular formula is C14H17ClN4O3S. The number of nitrogens with one attached hydrogen (secondary N) is 1. The Balaban J connectivity index is 1.75. The van der Waals surface area contributed by atoms with Crippen LogP contribution in [0.4, 0.5) is 0 Å². The van der Waals surface area contributed by atoms with E-state index in [0.29, 0.717) is 31.7 Å². The van der Waals surface area contributed by atoms with Crippen LogP contribution in [-0.2, 0) is 10.0 Å². The normalized spacial score (nSPS) is 17.3. The van der Waals surface area contributed by atoms with Gasteiger partial charge < -0.3 is 4.74 Å². The molecule has 0 aliphatic carbocycles. The highest BCUT2D eigenvalue weighted by Crippen LogP contribution is 2.31. The number of hydrogen-bond donors (Lipinski definition) is 1. The number of H-pyrrole nitrogens is 1. The van der Waals surface area contributed by atoms with Crippen molar-refractivity contribution in [3.63, 3.8) is 0 Å². The second-order valence-electron chi connectivity index (χ2n) is 5.35. The quantitative estimate of drug-likeness (QED) is 0.905. The fourth-order valence-corrected chi connectivity index (χ4v) is 4.56. The van der Waals surface area contributed by atoms with Crippen LogP contribution in [0.15, 0.2) is 29.4 Å².